The van der Waals surface area contributed by atoms with Gasteiger partial charge in [-0.1, -0.05) is 54.6 Å². The van der Waals surface area contributed by atoms with E-state index in [1.807, 2.05) is 61.5 Å². The van der Waals surface area contributed by atoms with Gasteiger partial charge in [-0.15, -0.1) is 0 Å². The van der Waals surface area contributed by atoms with Gasteiger partial charge in [-0.2, -0.15) is 0 Å². The second-order valence-electron chi connectivity index (χ2n) is 8.58. The SMILES string of the molecule is CCOc1cc(/C=C2/SC(=O)N(Cc3ccc(I)cc3)C2=O)cc(Br)c1OCc1cccc2ccccc12. The van der Waals surface area contributed by atoms with E-state index in [9.17, 15) is 9.59 Å². The summed E-state index contributed by atoms with van der Waals surface area (Å²) in [6, 6.07) is 25.8. The summed E-state index contributed by atoms with van der Waals surface area (Å²) in [5, 5.41) is 2.02. The van der Waals surface area contributed by atoms with E-state index >= 15 is 0 Å². The number of carbonyl (C=O) groups is 2. The summed E-state index contributed by atoms with van der Waals surface area (Å²) in [6.45, 7) is 2.97. The lowest BCUT2D eigenvalue weighted by molar-refractivity contribution is -0.123. The predicted octanol–water partition coefficient (Wildman–Crippen LogP) is 8.42. The topological polar surface area (TPSA) is 55.8 Å². The molecule has 0 unspecified atom stereocenters. The van der Waals surface area contributed by atoms with Gasteiger partial charge in [0.25, 0.3) is 11.1 Å². The van der Waals surface area contributed by atoms with Crippen LogP contribution in [0.3, 0.4) is 0 Å². The fourth-order valence-electron chi connectivity index (χ4n) is 4.20. The highest BCUT2D eigenvalue weighted by Gasteiger charge is 2.35. The lowest BCUT2D eigenvalue weighted by atomic mass is 10.1. The Kier molecular flexibility index (Phi) is 8.40. The van der Waals surface area contributed by atoms with Gasteiger partial charge in [-0.25, -0.2) is 0 Å². The Morgan fingerprint density at radius 2 is 1.74 bits per heavy atom. The molecule has 4 aromatic rings. The minimum Gasteiger partial charge on any atom is -0.490 e. The van der Waals surface area contributed by atoms with Crippen LogP contribution in [-0.4, -0.2) is 22.7 Å². The summed E-state index contributed by atoms with van der Waals surface area (Å²) in [5.41, 5.74) is 2.71. The maximum Gasteiger partial charge on any atom is 0.293 e. The Morgan fingerprint density at radius 3 is 2.53 bits per heavy atom. The van der Waals surface area contributed by atoms with Crippen molar-refractivity contribution in [1.29, 1.82) is 0 Å². The molecular formula is C30H23BrINO4S. The molecule has 1 saturated heterocycles. The van der Waals surface area contributed by atoms with Crippen molar-refractivity contribution in [3.8, 4) is 11.5 Å². The zero-order chi connectivity index (χ0) is 26.6. The van der Waals surface area contributed by atoms with E-state index in [4.69, 9.17) is 9.47 Å². The molecule has 0 aliphatic carbocycles. The fourth-order valence-corrected chi connectivity index (χ4v) is 5.97. The number of rotatable bonds is 8. The molecule has 0 bridgehead atoms. The lowest BCUT2D eigenvalue weighted by Gasteiger charge is -2.16. The van der Waals surface area contributed by atoms with E-state index in [1.165, 1.54) is 4.90 Å². The highest BCUT2D eigenvalue weighted by atomic mass is 127. The van der Waals surface area contributed by atoms with Gasteiger partial charge in [0.1, 0.15) is 6.61 Å². The quantitative estimate of drug-likeness (QED) is 0.137. The van der Waals surface area contributed by atoms with E-state index in [0.717, 1.165) is 42.8 Å². The summed E-state index contributed by atoms with van der Waals surface area (Å²) in [7, 11) is 0. The molecular weight excluding hydrogens is 677 g/mol. The summed E-state index contributed by atoms with van der Waals surface area (Å²) >= 11 is 6.80. The molecule has 8 heteroatoms. The van der Waals surface area contributed by atoms with Gasteiger partial charge in [0.15, 0.2) is 11.5 Å². The van der Waals surface area contributed by atoms with Crippen molar-refractivity contribution in [2.75, 3.05) is 6.61 Å². The molecule has 1 fully saturated rings. The highest BCUT2D eigenvalue weighted by Crippen LogP contribution is 2.40. The van der Waals surface area contributed by atoms with E-state index in [0.29, 0.717) is 34.1 Å². The van der Waals surface area contributed by atoms with Crippen molar-refractivity contribution in [2.45, 2.75) is 20.1 Å². The number of fused-ring (bicyclic) bond motifs is 1. The molecule has 1 aliphatic heterocycles. The Labute approximate surface area is 247 Å². The van der Waals surface area contributed by atoms with Gasteiger partial charge >= 0.3 is 0 Å². The number of amides is 2. The van der Waals surface area contributed by atoms with Crippen LogP contribution in [0.25, 0.3) is 16.8 Å². The second kappa shape index (κ2) is 11.9. The van der Waals surface area contributed by atoms with Crippen molar-refractivity contribution < 1.29 is 19.1 Å². The highest BCUT2D eigenvalue weighted by molar-refractivity contribution is 14.1. The maximum absolute atomic E-state index is 13.1. The second-order valence-corrected chi connectivity index (χ2v) is 11.7. The molecule has 0 aromatic heterocycles. The largest absolute Gasteiger partial charge is 0.490 e. The monoisotopic (exact) mass is 699 g/mol. The first kappa shape index (κ1) is 26.8. The molecule has 1 heterocycles. The third-order valence-electron chi connectivity index (χ3n) is 6.01. The standard InChI is InChI=1S/C30H23BrINO4S/c1-2-36-26-15-20(16-27-29(34)33(30(35)38-27)17-19-10-12-23(32)13-11-19)14-25(31)28(26)37-18-22-8-5-7-21-6-3-4-9-24(21)22/h3-16H,2,17-18H2,1H3/b27-16+. The summed E-state index contributed by atoms with van der Waals surface area (Å²) in [5.74, 6) is 0.846. The Hall–Kier alpha value is -2.82. The average Bonchev–Trinajstić information content (AvgIpc) is 3.17. The van der Waals surface area contributed by atoms with E-state index < -0.39 is 0 Å². The van der Waals surface area contributed by atoms with Gasteiger partial charge in [0.2, 0.25) is 0 Å². The number of hydrogen-bond donors (Lipinski definition) is 0. The zero-order valence-corrected chi connectivity index (χ0v) is 25.0. The van der Waals surface area contributed by atoms with Crippen LogP contribution in [-0.2, 0) is 17.9 Å². The molecule has 5 nitrogen and oxygen atoms in total. The molecule has 1 aliphatic rings. The first-order chi connectivity index (χ1) is 18.4. The van der Waals surface area contributed by atoms with Crippen molar-refractivity contribution in [1.82, 2.24) is 4.90 Å². The Balaban J connectivity index is 1.38. The molecule has 38 heavy (non-hydrogen) atoms. The third kappa shape index (κ3) is 5.92. The van der Waals surface area contributed by atoms with Gasteiger partial charge in [0.05, 0.1) is 22.5 Å². The first-order valence-corrected chi connectivity index (χ1v) is 14.7. The average molecular weight is 700 g/mol. The molecule has 192 valence electrons. The molecule has 4 aromatic carbocycles. The van der Waals surface area contributed by atoms with Crippen LogP contribution in [0.4, 0.5) is 4.79 Å². The van der Waals surface area contributed by atoms with Crippen LogP contribution in [0.1, 0.15) is 23.6 Å². The lowest BCUT2D eigenvalue weighted by Crippen LogP contribution is -2.27. The number of halogens is 2. The molecule has 0 saturated carbocycles. The number of benzene rings is 4. The molecule has 2 amide bonds. The molecule has 0 radical (unpaired) electrons. The van der Waals surface area contributed by atoms with Gasteiger partial charge < -0.3 is 9.47 Å². The van der Waals surface area contributed by atoms with Crippen LogP contribution in [0.2, 0.25) is 0 Å². The van der Waals surface area contributed by atoms with Crippen molar-refractivity contribution in [3.63, 3.8) is 0 Å². The predicted molar refractivity (Wildman–Crippen MR) is 164 cm³/mol. The van der Waals surface area contributed by atoms with Gasteiger partial charge in [-0.3, -0.25) is 14.5 Å². The zero-order valence-electron chi connectivity index (χ0n) is 20.4. The number of carbonyl (C=O) groups excluding carboxylic acids is 2. The van der Waals surface area contributed by atoms with E-state index in [1.54, 1.807) is 6.08 Å². The first-order valence-electron chi connectivity index (χ1n) is 12.0. The van der Waals surface area contributed by atoms with Crippen LogP contribution in [0, 0.1) is 3.57 Å². The number of thioether (sulfide) groups is 1. The Bertz CT molecular complexity index is 1550. The fraction of sp³-hybridized carbons (Fsp3) is 0.133. The van der Waals surface area contributed by atoms with Crippen LogP contribution in [0.5, 0.6) is 11.5 Å². The minimum atomic E-state index is -0.302. The number of nitrogens with zero attached hydrogens (tertiary/aromatic N) is 1. The van der Waals surface area contributed by atoms with Gasteiger partial charge in [-0.05, 0) is 115 Å². The minimum absolute atomic E-state index is 0.244. The molecule has 0 spiro atoms. The van der Waals surface area contributed by atoms with Crippen LogP contribution >= 0.6 is 50.3 Å². The maximum atomic E-state index is 13.1. The molecule has 0 N–H and O–H groups in total. The van der Waals surface area contributed by atoms with E-state index in [-0.39, 0.29) is 17.7 Å². The number of hydrogen-bond acceptors (Lipinski definition) is 5. The Morgan fingerprint density at radius 1 is 0.974 bits per heavy atom. The smallest absolute Gasteiger partial charge is 0.293 e. The van der Waals surface area contributed by atoms with Crippen LogP contribution in [0.15, 0.2) is 88.2 Å². The van der Waals surface area contributed by atoms with Gasteiger partial charge in [0, 0.05) is 3.57 Å². The van der Waals surface area contributed by atoms with Crippen molar-refractivity contribution in [2.24, 2.45) is 0 Å². The van der Waals surface area contributed by atoms with Crippen molar-refractivity contribution in [3.05, 3.63) is 109 Å². The summed E-state index contributed by atoms with van der Waals surface area (Å²) < 4.78 is 13.9. The number of imide groups is 1. The summed E-state index contributed by atoms with van der Waals surface area (Å²) in [4.78, 5) is 27.4. The van der Waals surface area contributed by atoms with Crippen molar-refractivity contribution >= 4 is 78.3 Å². The summed E-state index contributed by atoms with van der Waals surface area (Å²) in [6.07, 6.45) is 1.72. The third-order valence-corrected chi connectivity index (χ3v) is 8.22. The normalized spacial score (nSPS) is 14.5. The number of ether oxygens (including phenoxy) is 2. The molecule has 5 rings (SSSR count). The van der Waals surface area contributed by atoms with Crippen LogP contribution < -0.4 is 9.47 Å². The van der Waals surface area contributed by atoms with E-state index in [2.05, 4.69) is 62.8 Å². The molecule has 0 atom stereocenters.